The highest BCUT2D eigenvalue weighted by Gasteiger charge is 2.45. The van der Waals surface area contributed by atoms with Crippen molar-refractivity contribution >= 4 is 0 Å². The van der Waals surface area contributed by atoms with Gasteiger partial charge in [-0.05, 0) is 39.4 Å². The van der Waals surface area contributed by atoms with Gasteiger partial charge in [-0.25, -0.2) is 0 Å². The maximum atomic E-state index is 10.1. The zero-order valence-electron chi connectivity index (χ0n) is 13.0. The van der Waals surface area contributed by atoms with Crippen LogP contribution in [-0.4, -0.2) is 48.9 Å². The van der Waals surface area contributed by atoms with E-state index in [0.29, 0.717) is 13.1 Å². The van der Waals surface area contributed by atoms with Crippen molar-refractivity contribution in [1.29, 1.82) is 0 Å². The summed E-state index contributed by atoms with van der Waals surface area (Å²) in [7, 11) is 3.96. The number of nitrogens with zero attached hydrogens (tertiary/aromatic N) is 1. The number of ether oxygens (including phenoxy) is 1. The number of fused-ring (bicyclic) bond motifs is 1. The van der Waals surface area contributed by atoms with Gasteiger partial charge in [0.25, 0.3) is 0 Å². The van der Waals surface area contributed by atoms with Crippen LogP contribution in [-0.2, 0) is 0 Å². The molecule has 2 aliphatic rings. The lowest BCUT2D eigenvalue weighted by atomic mass is 9.73. The number of hydrogen-bond acceptors (Lipinski definition) is 4. The number of nitrogens with one attached hydrogen (secondary N) is 1. The molecule has 0 bridgehead atoms. The molecule has 1 saturated carbocycles. The van der Waals surface area contributed by atoms with Crippen LogP contribution in [0.4, 0.5) is 0 Å². The molecule has 21 heavy (non-hydrogen) atoms. The Morgan fingerprint density at radius 2 is 2.14 bits per heavy atom. The molecule has 2 unspecified atom stereocenters. The fourth-order valence-corrected chi connectivity index (χ4v) is 3.44. The van der Waals surface area contributed by atoms with E-state index in [0.717, 1.165) is 25.0 Å². The van der Waals surface area contributed by atoms with Crippen LogP contribution in [0.2, 0.25) is 0 Å². The Hall–Kier alpha value is -1.10. The summed E-state index contributed by atoms with van der Waals surface area (Å²) >= 11 is 0. The molecule has 1 fully saturated rings. The number of rotatable bonds is 5. The topological polar surface area (TPSA) is 44.7 Å². The highest BCUT2D eigenvalue weighted by atomic mass is 16.5. The Bertz CT molecular complexity index is 485. The number of para-hydroxylation sites is 1. The lowest BCUT2D eigenvalue weighted by molar-refractivity contribution is -0.0380. The molecule has 4 nitrogen and oxygen atoms in total. The lowest BCUT2D eigenvalue weighted by Crippen LogP contribution is -2.50. The van der Waals surface area contributed by atoms with Crippen LogP contribution in [0, 0.1) is 0 Å². The van der Waals surface area contributed by atoms with Gasteiger partial charge in [0.2, 0.25) is 0 Å². The molecule has 1 aromatic carbocycles. The van der Waals surface area contributed by atoms with Gasteiger partial charge in [-0.3, -0.25) is 0 Å². The maximum Gasteiger partial charge on any atom is 0.124 e. The molecule has 0 amide bonds. The van der Waals surface area contributed by atoms with E-state index < -0.39 is 0 Å². The zero-order chi connectivity index (χ0) is 14.9. The van der Waals surface area contributed by atoms with Crippen molar-refractivity contribution in [3.63, 3.8) is 0 Å². The molecule has 4 heteroatoms. The molecule has 1 aromatic rings. The molecule has 1 aliphatic carbocycles. The second-order valence-corrected chi connectivity index (χ2v) is 6.76. The van der Waals surface area contributed by atoms with Crippen molar-refractivity contribution in [3.8, 4) is 5.75 Å². The van der Waals surface area contributed by atoms with Crippen molar-refractivity contribution in [2.75, 3.05) is 27.2 Å². The van der Waals surface area contributed by atoms with E-state index in [2.05, 4.69) is 23.5 Å². The number of benzene rings is 1. The average molecular weight is 290 g/mol. The first-order valence-corrected chi connectivity index (χ1v) is 7.92. The minimum atomic E-state index is -0.340. The summed E-state index contributed by atoms with van der Waals surface area (Å²) in [4.78, 5) is 2.01. The summed E-state index contributed by atoms with van der Waals surface area (Å²) in [6.45, 7) is 1.30. The molecule has 0 saturated heterocycles. The third-order valence-electron chi connectivity index (χ3n) is 4.64. The normalized spacial score (nSPS) is 24.3. The van der Waals surface area contributed by atoms with Crippen LogP contribution in [0.15, 0.2) is 24.3 Å². The van der Waals surface area contributed by atoms with Gasteiger partial charge in [0, 0.05) is 31.1 Å². The monoisotopic (exact) mass is 290 g/mol. The molecule has 1 aliphatic heterocycles. The van der Waals surface area contributed by atoms with Crippen LogP contribution in [0.3, 0.4) is 0 Å². The minimum absolute atomic E-state index is 0.0402. The molecule has 1 heterocycles. The van der Waals surface area contributed by atoms with Gasteiger partial charge >= 0.3 is 0 Å². The van der Waals surface area contributed by atoms with Crippen LogP contribution in [0.25, 0.3) is 0 Å². The SMILES string of the molecule is CN(C)CC(O)CNC1CC2(CCC2)Oc2ccccc21. The van der Waals surface area contributed by atoms with Gasteiger partial charge < -0.3 is 20.1 Å². The molecule has 1 spiro atoms. The van der Waals surface area contributed by atoms with E-state index >= 15 is 0 Å². The first-order chi connectivity index (χ1) is 10.1. The standard InChI is InChI=1S/C17H26N2O2/c1-19(2)12-13(20)11-18-15-10-17(8-5-9-17)21-16-7-4-3-6-14(15)16/h3-4,6-7,13,15,18,20H,5,8-12H2,1-2H3. The molecule has 0 aromatic heterocycles. The van der Waals surface area contributed by atoms with Crippen LogP contribution in [0.5, 0.6) is 5.75 Å². The van der Waals surface area contributed by atoms with E-state index in [1.54, 1.807) is 0 Å². The number of aliphatic hydroxyl groups excluding tert-OH is 1. The van der Waals surface area contributed by atoms with Crippen LogP contribution >= 0.6 is 0 Å². The predicted octanol–water partition coefficient (Wildman–Crippen LogP) is 1.94. The van der Waals surface area contributed by atoms with Crippen molar-refractivity contribution in [2.45, 2.75) is 43.4 Å². The summed E-state index contributed by atoms with van der Waals surface area (Å²) in [5.41, 5.74) is 1.27. The molecule has 2 N–H and O–H groups in total. The number of hydrogen-bond donors (Lipinski definition) is 2. The van der Waals surface area contributed by atoms with Crippen LogP contribution < -0.4 is 10.1 Å². The van der Waals surface area contributed by atoms with Gasteiger partial charge in [-0.15, -0.1) is 0 Å². The van der Waals surface area contributed by atoms with Gasteiger partial charge in [0.05, 0.1) is 6.10 Å². The molecule has 116 valence electrons. The third kappa shape index (κ3) is 3.23. The second-order valence-electron chi connectivity index (χ2n) is 6.76. The van der Waals surface area contributed by atoms with Crippen molar-refractivity contribution in [3.05, 3.63) is 29.8 Å². The summed E-state index contributed by atoms with van der Waals surface area (Å²) in [5, 5.41) is 13.6. The van der Waals surface area contributed by atoms with Gasteiger partial charge in [-0.1, -0.05) is 18.2 Å². The Morgan fingerprint density at radius 1 is 1.38 bits per heavy atom. The quantitative estimate of drug-likeness (QED) is 0.870. The minimum Gasteiger partial charge on any atom is -0.487 e. The Kier molecular flexibility index (Phi) is 4.20. The van der Waals surface area contributed by atoms with Crippen molar-refractivity contribution in [1.82, 2.24) is 10.2 Å². The first kappa shape index (κ1) is 14.8. The molecular formula is C17H26N2O2. The lowest BCUT2D eigenvalue weighted by Gasteiger charge is -2.48. The highest BCUT2D eigenvalue weighted by molar-refractivity contribution is 5.39. The van der Waals surface area contributed by atoms with Crippen LogP contribution in [0.1, 0.15) is 37.3 Å². The third-order valence-corrected chi connectivity index (χ3v) is 4.64. The number of aliphatic hydroxyl groups is 1. The van der Waals surface area contributed by atoms with Gasteiger partial charge in [-0.2, -0.15) is 0 Å². The molecular weight excluding hydrogens is 264 g/mol. The fraction of sp³-hybridized carbons (Fsp3) is 0.647. The Balaban J connectivity index is 1.68. The summed E-state index contributed by atoms with van der Waals surface area (Å²) < 4.78 is 6.25. The number of likely N-dealkylation sites (N-methyl/N-ethyl adjacent to an activating group) is 1. The van der Waals surface area contributed by atoms with E-state index in [4.69, 9.17) is 4.74 Å². The molecule has 2 atom stereocenters. The summed E-state index contributed by atoms with van der Waals surface area (Å²) in [6, 6.07) is 8.59. The zero-order valence-corrected chi connectivity index (χ0v) is 13.0. The van der Waals surface area contributed by atoms with E-state index in [-0.39, 0.29) is 17.7 Å². The van der Waals surface area contributed by atoms with Crippen molar-refractivity contribution < 1.29 is 9.84 Å². The summed E-state index contributed by atoms with van der Waals surface area (Å²) in [5.74, 6) is 1.02. The fourth-order valence-electron chi connectivity index (χ4n) is 3.44. The average Bonchev–Trinajstić information content (AvgIpc) is 2.42. The molecule has 3 rings (SSSR count). The van der Waals surface area contributed by atoms with E-state index in [1.165, 1.54) is 12.0 Å². The summed E-state index contributed by atoms with van der Waals surface area (Å²) in [6.07, 6.45) is 4.24. The Labute approximate surface area is 127 Å². The second kappa shape index (κ2) is 5.95. The molecule has 0 radical (unpaired) electrons. The smallest absolute Gasteiger partial charge is 0.124 e. The van der Waals surface area contributed by atoms with E-state index in [1.807, 2.05) is 25.1 Å². The van der Waals surface area contributed by atoms with Gasteiger partial charge in [0.1, 0.15) is 11.4 Å². The Morgan fingerprint density at radius 3 is 2.81 bits per heavy atom. The van der Waals surface area contributed by atoms with Crippen molar-refractivity contribution in [2.24, 2.45) is 0 Å². The first-order valence-electron chi connectivity index (χ1n) is 7.92. The highest BCUT2D eigenvalue weighted by Crippen LogP contribution is 2.48. The predicted molar refractivity (Wildman–Crippen MR) is 83.6 cm³/mol. The van der Waals surface area contributed by atoms with Gasteiger partial charge in [0.15, 0.2) is 0 Å². The largest absolute Gasteiger partial charge is 0.487 e. The van der Waals surface area contributed by atoms with E-state index in [9.17, 15) is 5.11 Å². The maximum absolute atomic E-state index is 10.1.